The van der Waals surface area contributed by atoms with E-state index in [0.717, 1.165) is 21.0 Å². The first-order chi connectivity index (χ1) is 18.2. The summed E-state index contributed by atoms with van der Waals surface area (Å²) in [4.78, 5) is 28.6. The summed E-state index contributed by atoms with van der Waals surface area (Å²) in [7, 11) is -4.14. The molecule has 7 nitrogen and oxygen atoms in total. The molecular formula is C30H36ClN3O4S. The number of carbonyl (C=O) groups excluding carboxylic acids is 2. The number of anilines is 1. The molecule has 39 heavy (non-hydrogen) atoms. The van der Waals surface area contributed by atoms with Crippen molar-refractivity contribution in [2.24, 2.45) is 0 Å². The molecule has 0 aliphatic heterocycles. The Labute approximate surface area is 236 Å². The van der Waals surface area contributed by atoms with Gasteiger partial charge in [0.05, 0.1) is 10.6 Å². The molecule has 0 heterocycles. The second-order valence-corrected chi connectivity index (χ2v) is 13.0. The molecule has 208 valence electrons. The van der Waals surface area contributed by atoms with Gasteiger partial charge in [0.2, 0.25) is 11.8 Å². The van der Waals surface area contributed by atoms with Gasteiger partial charge in [-0.1, -0.05) is 53.6 Å². The molecule has 9 heteroatoms. The number of hydrogen-bond donors (Lipinski definition) is 1. The molecular weight excluding hydrogens is 534 g/mol. The van der Waals surface area contributed by atoms with E-state index in [0.29, 0.717) is 10.7 Å². The van der Waals surface area contributed by atoms with Crippen LogP contribution >= 0.6 is 11.6 Å². The van der Waals surface area contributed by atoms with Crippen molar-refractivity contribution < 1.29 is 18.0 Å². The van der Waals surface area contributed by atoms with Gasteiger partial charge in [0.25, 0.3) is 10.0 Å². The maximum atomic E-state index is 14.0. The number of sulfonamides is 1. The molecule has 1 atom stereocenters. The van der Waals surface area contributed by atoms with E-state index in [1.807, 2.05) is 58.9 Å². The lowest BCUT2D eigenvalue weighted by Crippen LogP contribution is -2.54. The molecule has 0 aromatic heterocycles. The van der Waals surface area contributed by atoms with E-state index in [4.69, 9.17) is 11.6 Å². The first-order valence-corrected chi connectivity index (χ1v) is 14.5. The van der Waals surface area contributed by atoms with Gasteiger partial charge in [0, 0.05) is 17.1 Å². The molecule has 1 N–H and O–H groups in total. The van der Waals surface area contributed by atoms with Crippen LogP contribution in [0.5, 0.6) is 0 Å². The number of nitrogens with zero attached hydrogens (tertiary/aromatic N) is 2. The van der Waals surface area contributed by atoms with E-state index < -0.39 is 34.1 Å². The topological polar surface area (TPSA) is 86.8 Å². The lowest BCUT2D eigenvalue weighted by atomic mass is 10.1. The van der Waals surface area contributed by atoms with Crippen molar-refractivity contribution in [3.05, 3.63) is 94.5 Å². The van der Waals surface area contributed by atoms with Crippen LogP contribution in [-0.2, 0) is 26.2 Å². The van der Waals surface area contributed by atoms with Gasteiger partial charge in [-0.25, -0.2) is 8.42 Å². The van der Waals surface area contributed by atoms with Crippen molar-refractivity contribution in [3.8, 4) is 0 Å². The minimum absolute atomic E-state index is 0.00394. The van der Waals surface area contributed by atoms with Crippen molar-refractivity contribution in [3.63, 3.8) is 0 Å². The van der Waals surface area contributed by atoms with Crippen LogP contribution in [0.4, 0.5) is 5.69 Å². The quantitative estimate of drug-likeness (QED) is 0.369. The number of carbonyl (C=O) groups is 2. The first kappa shape index (κ1) is 30.2. The van der Waals surface area contributed by atoms with Crippen molar-refractivity contribution in [2.75, 3.05) is 10.8 Å². The molecule has 0 radical (unpaired) electrons. The van der Waals surface area contributed by atoms with E-state index in [-0.39, 0.29) is 17.3 Å². The molecule has 3 aromatic carbocycles. The molecule has 0 aliphatic rings. The third kappa shape index (κ3) is 7.83. The first-order valence-electron chi connectivity index (χ1n) is 12.7. The summed E-state index contributed by atoms with van der Waals surface area (Å²) >= 11 is 5.99. The molecule has 0 saturated carbocycles. The summed E-state index contributed by atoms with van der Waals surface area (Å²) < 4.78 is 28.7. The van der Waals surface area contributed by atoms with Crippen LogP contribution in [0.3, 0.4) is 0 Å². The zero-order valence-corrected chi connectivity index (χ0v) is 24.8. The van der Waals surface area contributed by atoms with E-state index >= 15 is 0 Å². The van der Waals surface area contributed by atoms with Gasteiger partial charge in [-0.15, -0.1) is 0 Å². The number of rotatable bonds is 9. The average molecular weight is 570 g/mol. The summed E-state index contributed by atoms with van der Waals surface area (Å²) in [6, 6.07) is 19.5. The van der Waals surface area contributed by atoms with E-state index in [1.54, 1.807) is 31.2 Å². The fourth-order valence-corrected chi connectivity index (χ4v) is 5.54. The van der Waals surface area contributed by atoms with Crippen LogP contribution in [0.1, 0.15) is 44.4 Å². The predicted molar refractivity (Wildman–Crippen MR) is 156 cm³/mol. The van der Waals surface area contributed by atoms with Gasteiger partial charge >= 0.3 is 0 Å². The number of amides is 2. The second kappa shape index (κ2) is 12.2. The van der Waals surface area contributed by atoms with Gasteiger partial charge < -0.3 is 10.2 Å². The van der Waals surface area contributed by atoms with E-state index in [2.05, 4.69) is 5.32 Å². The fourth-order valence-electron chi connectivity index (χ4n) is 4.00. The lowest BCUT2D eigenvalue weighted by molar-refractivity contribution is -0.140. The molecule has 2 amide bonds. The number of halogens is 1. The van der Waals surface area contributed by atoms with E-state index in [1.165, 1.54) is 29.2 Å². The van der Waals surface area contributed by atoms with Crippen LogP contribution in [-0.4, -0.2) is 43.3 Å². The monoisotopic (exact) mass is 569 g/mol. The molecule has 0 bridgehead atoms. The van der Waals surface area contributed by atoms with Crippen LogP contribution in [0.2, 0.25) is 5.02 Å². The van der Waals surface area contributed by atoms with Gasteiger partial charge in [-0.3, -0.25) is 13.9 Å². The Morgan fingerprint density at radius 3 is 2.08 bits per heavy atom. The summed E-state index contributed by atoms with van der Waals surface area (Å²) in [5.74, 6) is -0.834. The SMILES string of the molecule is Cc1ccc(N(CC(=O)N(Cc2ccccc2C)C(C)C(=O)NC(C)(C)C)S(=O)(=O)c2ccc(Cl)cc2)cc1. The molecule has 0 spiro atoms. The van der Waals surface area contributed by atoms with Crippen molar-refractivity contribution >= 4 is 39.1 Å². The van der Waals surface area contributed by atoms with Crippen LogP contribution in [0, 0.1) is 13.8 Å². The Morgan fingerprint density at radius 1 is 0.923 bits per heavy atom. The minimum atomic E-state index is -4.14. The number of nitrogens with one attached hydrogen (secondary N) is 1. The third-order valence-electron chi connectivity index (χ3n) is 6.27. The van der Waals surface area contributed by atoms with Gasteiger partial charge in [-0.2, -0.15) is 0 Å². The normalized spacial score (nSPS) is 12.5. The van der Waals surface area contributed by atoms with Gasteiger partial charge in [-0.05, 0) is 89.1 Å². The Balaban J connectivity index is 2.04. The standard InChI is InChI=1S/C30H36ClN3O4S/c1-21-11-15-26(16-12-21)34(39(37,38)27-17-13-25(31)14-18-27)20-28(35)33(19-24-10-8-7-9-22(24)2)23(3)29(36)32-30(4,5)6/h7-18,23H,19-20H2,1-6H3,(H,32,36). The van der Waals surface area contributed by atoms with E-state index in [9.17, 15) is 18.0 Å². The summed E-state index contributed by atoms with van der Waals surface area (Å²) in [6.45, 7) is 10.7. The highest BCUT2D eigenvalue weighted by Gasteiger charge is 2.33. The van der Waals surface area contributed by atoms with Gasteiger partial charge in [0.15, 0.2) is 0 Å². The Bertz CT molecular complexity index is 1420. The zero-order valence-electron chi connectivity index (χ0n) is 23.2. The molecule has 0 saturated heterocycles. The fraction of sp³-hybridized carbons (Fsp3) is 0.333. The van der Waals surface area contributed by atoms with Crippen LogP contribution < -0.4 is 9.62 Å². The Kier molecular flexibility index (Phi) is 9.46. The van der Waals surface area contributed by atoms with Crippen molar-refractivity contribution in [1.82, 2.24) is 10.2 Å². The largest absolute Gasteiger partial charge is 0.350 e. The predicted octanol–water partition coefficient (Wildman–Crippen LogP) is 5.48. The number of hydrogen-bond acceptors (Lipinski definition) is 4. The maximum absolute atomic E-state index is 14.0. The highest BCUT2D eigenvalue weighted by molar-refractivity contribution is 7.92. The highest BCUT2D eigenvalue weighted by Crippen LogP contribution is 2.26. The van der Waals surface area contributed by atoms with Crippen LogP contribution in [0.25, 0.3) is 0 Å². The highest BCUT2D eigenvalue weighted by atomic mass is 35.5. The average Bonchev–Trinajstić information content (AvgIpc) is 2.86. The summed E-state index contributed by atoms with van der Waals surface area (Å²) in [5, 5.41) is 3.33. The zero-order chi connectivity index (χ0) is 29.0. The molecule has 0 fully saturated rings. The Morgan fingerprint density at radius 2 is 1.51 bits per heavy atom. The second-order valence-electron chi connectivity index (χ2n) is 10.7. The number of benzene rings is 3. The lowest BCUT2D eigenvalue weighted by Gasteiger charge is -2.33. The molecule has 3 rings (SSSR count). The minimum Gasteiger partial charge on any atom is -0.350 e. The van der Waals surface area contributed by atoms with Crippen LogP contribution in [0.15, 0.2) is 77.7 Å². The summed E-state index contributed by atoms with van der Waals surface area (Å²) in [5.41, 5.74) is 2.61. The summed E-state index contributed by atoms with van der Waals surface area (Å²) in [6.07, 6.45) is 0. The van der Waals surface area contributed by atoms with Crippen molar-refractivity contribution in [2.45, 2.75) is 64.6 Å². The molecule has 3 aromatic rings. The molecule has 0 aliphatic carbocycles. The maximum Gasteiger partial charge on any atom is 0.264 e. The third-order valence-corrected chi connectivity index (χ3v) is 8.31. The smallest absolute Gasteiger partial charge is 0.264 e. The molecule has 1 unspecified atom stereocenters. The van der Waals surface area contributed by atoms with Gasteiger partial charge in [0.1, 0.15) is 12.6 Å². The Hall–Kier alpha value is -3.36. The number of aryl methyl sites for hydroxylation is 2. The van der Waals surface area contributed by atoms with Crippen molar-refractivity contribution in [1.29, 1.82) is 0 Å².